The molecule has 1 atom stereocenters. The molecule has 3 aromatic carbocycles. The van der Waals surface area contributed by atoms with Crippen LogP contribution in [0.1, 0.15) is 41.4 Å². The van der Waals surface area contributed by atoms with Gasteiger partial charge >= 0.3 is 0 Å². The van der Waals surface area contributed by atoms with E-state index in [1.807, 2.05) is 79.7 Å². The van der Waals surface area contributed by atoms with E-state index >= 15 is 0 Å². The van der Waals surface area contributed by atoms with E-state index in [1.165, 1.54) is 10.2 Å². The molecule has 1 unspecified atom stereocenters. The largest absolute Gasteiger partial charge is 0.345 e. The van der Waals surface area contributed by atoms with Crippen molar-refractivity contribution >= 4 is 5.91 Å². The van der Waals surface area contributed by atoms with Crippen LogP contribution < -0.4 is 10.9 Å². The van der Waals surface area contributed by atoms with E-state index in [-0.39, 0.29) is 11.6 Å². The predicted molar refractivity (Wildman–Crippen MR) is 132 cm³/mol. The number of hydrogen-bond acceptors (Lipinski definition) is 3. The molecule has 0 bridgehead atoms. The first kappa shape index (κ1) is 22.2. The Hall–Kier alpha value is -3.99. The molecule has 166 valence electrons. The third-order valence-corrected chi connectivity index (χ3v) is 5.82. The van der Waals surface area contributed by atoms with Crippen LogP contribution in [0.5, 0.6) is 0 Å². The van der Waals surface area contributed by atoms with Crippen molar-refractivity contribution in [1.82, 2.24) is 15.1 Å². The van der Waals surface area contributed by atoms with Crippen LogP contribution >= 0.6 is 0 Å². The number of carbonyl (C=O) groups is 1. The molecule has 0 saturated carbocycles. The number of aryl methyl sites for hydroxylation is 2. The van der Waals surface area contributed by atoms with Crippen molar-refractivity contribution in [3.63, 3.8) is 0 Å². The first-order valence-electron chi connectivity index (χ1n) is 11.1. The molecule has 4 aromatic rings. The van der Waals surface area contributed by atoms with E-state index in [2.05, 4.69) is 29.5 Å². The van der Waals surface area contributed by atoms with Gasteiger partial charge in [-0.2, -0.15) is 5.10 Å². The maximum absolute atomic E-state index is 13.6. The lowest BCUT2D eigenvalue weighted by molar-refractivity contribution is 0.0938. The molecule has 1 aromatic heterocycles. The average molecular weight is 438 g/mol. The van der Waals surface area contributed by atoms with Crippen LogP contribution in [0, 0.1) is 0 Å². The van der Waals surface area contributed by atoms with Crippen LogP contribution in [-0.2, 0) is 13.5 Å². The third-order valence-electron chi connectivity index (χ3n) is 5.82. The molecule has 1 amide bonds. The van der Waals surface area contributed by atoms with Crippen molar-refractivity contribution in [2.75, 3.05) is 0 Å². The van der Waals surface area contributed by atoms with Gasteiger partial charge in [-0.05, 0) is 30.0 Å². The molecular weight excluding hydrogens is 410 g/mol. The normalized spacial score (nSPS) is 11.7. The van der Waals surface area contributed by atoms with Gasteiger partial charge in [0.25, 0.3) is 11.5 Å². The Bertz CT molecular complexity index is 1310. The molecule has 1 N–H and O–H groups in total. The minimum atomic E-state index is -0.431. The van der Waals surface area contributed by atoms with Crippen molar-refractivity contribution in [1.29, 1.82) is 0 Å². The Morgan fingerprint density at radius 1 is 0.909 bits per heavy atom. The highest BCUT2D eigenvalue weighted by molar-refractivity contribution is 6.03. The Morgan fingerprint density at radius 2 is 1.48 bits per heavy atom. The van der Waals surface area contributed by atoms with Crippen molar-refractivity contribution in [2.45, 2.75) is 26.3 Å². The van der Waals surface area contributed by atoms with Gasteiger partial charge in [0.1, 0.15) is 5.56 Å². The number of nitrogens with one attached hydrogen (secondary N) is 1. The zero-order valence-corrected chi connectivity index (χ0v) is 19.1. The fourth-order valence-corrected chi connectivity index (χ4v) is 3.92. The van der Waals surface area contributed by atoms with E-state index in [1.54, 1.807) is 7.05 Å². The maximum atomic E-state index is 13.6. The number of amides is 1. The van der Waals surface area contributed by atoms with E-state index in [4.69, 9.17) is 0 Å². The number of hydrogen-bond donors (Lipinski definition) is 1. The van der Waals surface area contributed by atoms with Gasteiger partial charge in [-0.1, -0.05) is 91.9 Å². The predicted octanol–water partition coefficient (Wildman–Crippen LogP) is 5.17. The number of nitrogens with zero attached hydrogens (tertiary/aromatic N) is 2. The molecule has 0 aliphatic carbocycles. The fourth-order valence-electron chi connectivity index (χ4n) is 3.92. The number of aromatic nitrogens is 2. The second-order valence-electron chi connectivity index (χ2n) is 8.05. The monoisotopic (exact) mass is 437 g/mol. The van der Waals surface area contributed by atoms with Gasteiger partial charge in [-0.3, -0.25) is 9.59 Å². The molecular formula is C28H27N3O2. The highest BCUT2D eigenvalue weighted by Gasteiger charge is 2.25. The molecule has 1 heterocycles. The van der Waals surface area contributed by atoms with E-state index < -0.39 is 11.5 Å². The maximum Gasteiger partial charge on any atom is 0.280 e. The smallest absolute Gasteiger partial charge is 0.280 e. The van der Waals surface area contributed by atoms with Crippen LogP contribution in [-0.4, -0.2) is 15.7 Å². The zero-order chi connectivity index (χ0) is 23.4. The molecule has 0 aliphatic rings. The van der Waals surface area contributed by atoms with Crippen LogP contribution in [0.25, 0.3) is 22.4 Å². The van der Waals surface area contributed by atoms with Crippen LogP contribution in [0.4, 0.5) is 0 Å². The van der Waals surface area contributed by atoms with Gasteiger partial charge in [0, 0.05) is 18.2 Å². The minimum Gasteiger partial charge on any atom is -0.345 e. The summed E-state index contributed by atoms with van der Waals surface area (Å²) < 4.78 is 1.24. The topological polar surface area (TPSA) is 64.0 Å². The molecule has 0 fully saturated rings. The van der Waals surface area contributed by atoms with E-state index in [0.29, 0.717) is 11.3 Å². The summed E-state index contributed by atoms with van der Waals surface area (Å²) in [6, 6.07) is 27.0. The quantitative estimate of drug-likeness (QED) is 0.453. The molecule has 0 radical (unpaired) electrons. The lowest BCUT2D eigenvalue weighted by atomic mass is 9.95. The van der Waals surface area contributed by atoms with Crippen molar-refractivity contribution < 1.29 is 4.79 Å². The molecule has 4 rings (SSSR count). The average Bonchev–Trinajstić information content (AvgIpc) is 2.86. The van der Waals surface area contributed by atoms with Crippen molar-refractivity contribution in [3.8, 4) is 22.4 Å². The first-order chi connectivity index (χ1) is 16.0. The molecule has 5 heteroatoms. The van der Waals surface area contributed by atoms with Gasteiger partial charge in [-0.15, -0.1) is 0 Å². The summed E-state index contributed by atoms with van der Waals surface area (Å²) in [6.45, 7) is 4.03. The molecule has 0 aliphatic heterocycles. The summed E-state index contributed by atoms with van der Waals surface area (Å²) in [4.78, 5) is 26.8. The fraction of sp³-hybridized carbons (Fsp3) is 0.179. The second-order valence-corrected chi connectivity index (χ2v) is 8.05. The van der Waals surface area contributed by atoms with Gasteiger partial charge in [0.05, 0.1) is 11.7 Å². The summed E-state index contributed by atoms with van der Waals surface area (Å²) in [6.07, 6.45) is 0.955. The van der Waals surface area contributed by atoms with Crippen LogP contribution in [0.15, 0.2) is 89.7 Å². The molecule has 0 saturated heterocycles. The molecule has 33 heavy (non-hydrogen) atoms. The highest BCUT2D eigenvalue weighted by atomic mass is 16.2. The van der Waals surface area contributed by atoms with Crippen LogP contribution in [0.3, 0.4) is 0 Å². The minimum absolute atomic E-state index is 0.0922. The number of rotatable bonds is 6. The zero-order valence-electron chi connectivity index (χ0n) is 19.1. The Labute approximate surface area is 193 Å². The Balaban J connectivity index is 1.83. The summed E-state index contributed by atoms with van der Waals surface area (Å²) in [5.74, 6) is -0.416. The third kappa shape index (κ3) is 4.62. The van der Waals surface area contributed by atoms with Crippen LogP contribution in [0.2, 0.25) is 0 Å². The summed E-state index contributed by atoms with van der Waals surface area (Å²) in [5.41, 5.74) is 4.62. The van der Waals surface area contributed by atoms with Crippen molar-refractivity contribution in [3.05, 3.63) is 112 Å². The number of carbonyl (C=O) groups excluding carboxylic acids is 1. The lowest BCUT2D eigenvalue weighted by Crippen LogP contribution is -2.35. The summed E-state index contributed by atoms with van der Waals surface area (Å²) in [7, 11) is 1.58. The SMILES string of the molecule is CCc1ccc(C(C)NC(=O)c2c(-c3ccccc3)c(-c3ccccc3)nn(C)c2=O)cc1. The highest BCUT2D eigenvalue weighted by Crippen LogP contribution is 2.32. The van der Waals surface area contributed by atoms with Gasteiger partial charge in [-0.25, -0.2) is 4.68 Å². The molecule has 0 spiro atoms. The lowest BCUT2D eigenvalue weighted by Gasteiger charge is -2.19. The van der Waals surface area contributed by atoms with E-state index in [0.717, 1.165) is 23.1 Å². The summed E-state index contributed by atoms with van der Waals surface area (Å²) in [5, 5.41) is 7.57. The Kier molecular flexibility index (Phi) is 6.50. The van der Waals surface area contributed by atoms with Gasteiger partial charge in [0.2, 0.25) is 0 Å². The first-order valence-corrected chi connectivity index (χ1v) is 11.1. The standard InChI is InChI=1S/C28H27N3O2/c1-4-20-15-17-21(18-16-20)19(2)29-27(32)25-24(22-11-7-5-8-12-22)26(30-31(3)28(25)33)23-13-9-6-10-14-23/h5-19H,4H2,1-3H3,(H,29,32). The van der Waals surface area contributed by atoms with Gasteiger partial charge in [0.15, 0.2) is 0 Å². The molecule has 5 nitrogen and oxygen atoms in total. The number of benzene rings is 3. The second kappa shape index (κ2) is 9.65. The summed E-state index contributed by atoms with van der Waals surface area (Å²) >= 11 is 0. The van der Waals surface area contributed by atoms with Gasteiger partial charge < -0.3 is 5.32 Å². The Morgan fingerprint density at radius 3 is 2.06 bits per heavy atom. The van der Waals surface area contributed by atoms with Crippen molar-refractivity contribution in [2.24, 2.45) is 7.05 Å². The van der Waals surface area contributed by atoms with E-state index in [9.17, 15) is 9.59 Å².